The number of hydrogen-bond acceptors (Lipinski definition) is 4. The Morgan fingerprint density at radius 3 is 2.62 bits per heavy atom. The van der Waals surface area contributed by atoms with Gasteiger partial charge in [-0.3, -0.25) is 9.59 Å². The van der Waals surface area contributed by atoms with Crippen LogP contribution < -0.4 is 5.32 Å². The number of halogens is 1. The van der Waals surface area contributed by atoms with Crippen LogP contribution in [0.2, 0.25) is 0 Å². The van der Waals surface area contributed by atoms with Gasteiger partial charge < -0.3 is 15.1 Å². The second-order valence-electron chi connectivity index (χ2n) is 7.52. The molecule has 3 atom stereocenters. The van der Waals surface area contributed by atoms with Crippen molar-refractivity contribution in [3.63, 3.8) is 0 Å². The van der Waals surface area contributed by atoms with Crippen LogP contribution in [0.25, 0.3) is 0 Å². The highest BCUT2D eigenvalue weighted by Crippen LogP contribution is 2.22. The van der Waals surface area contributed by atoms with Crippen molar-refractivity contribution < 1.29 is 14.0 Å². The Bertz CT molecular complexity index is 531. The van der Waals surface area contributed by atoms with E-state index in [0.717, 1.165) is 19.4 Å². The average Bonchev–Trinajstić information content (AvgIpc) is 3.10. The van der Waals surface area contributed by atoms with Crippen molar-refractivity contribution in [2.45, 2.75) is 70.2 Å². The molecule has 3 unspecified atom stereocenters. The summed E-state index contributed by atoms with van der Waals surface area (Å²) in [4.78, 5) is 27.8. The Kier molecular flexibility index (Phi) is 5.81. The molecule has 0 aliphatic carbocycles. The van der Waals surface area contributed by atoms with E-state index in [4.69, 9.17) is 5.26 Å². The van der Waals surface area contributed by atoms with Gasteiger partial charge in [0.25, 0.3) is 0 Å². The molecule has 2 aliphatic rings. The molecule has 0 aromatic heterocycles. The summed E-state index contributed by atoms with van der Waals surface area (Å²) in [5.41, 5.74) is -0.536. The molecule has 2 heterocycles. The molecule has 0 bridgehead atoms. The highest BCUT2D eigenvalue weighted by atomic mass is 19.1. The van der Waals surface area contributed by atoms with E-state index in [9.17, 15) is 14.0 Å². The molecule has 2 amide bonds. The summed E-state index contributed by atoms with van der Waals surface area (Å²) in [7, 11) is 0. The number of amides is 2. The molecule has 2 aliphatic heterocycles. The van der Waals surface area contributed by atoms with Gasteiger partial charge in [-0.25, -0.2) is 4.39 Å². The van der Waals surface area contributed by atoms with Gasteiger partial charge in [-0.1, -0.05) is 0 Å². The zero-order valence-electron chi connectivity index (χ0n) is 14.7. The molecule has 2 saturated heterocycles. The topological polar surface area (TPSA) is 76.4 Å². The van der Waals surface area contributed by atoms with Gasteiger partial charge in [-0.15, -0.1) is 0 Å². The van der Waals surface area contributed by atoms with Crippen LogP contribution in [0.3, 0.4) is 0 Å². The maximum absolute atomic E-state index is 13.4. The summed E-state index contributed by atoms with van der Waals surface area (Å²) in [5, 5.41) is 12.1. The van der Waals surface area contributed by atoms with Gasteiger partial charge in [0.05, 0.1) is 19.2 Å². The van der Waals surface area contributed by atoms with Crippen LogP contribution in [0.1, 0.15) is 46.5 Å². The largest absolute Gasteiger partial charge is 0.340 e. The first-order valence-electron chi connectivity index (χ1n) is 8.61. The minimum Gasteiger partial charge on any atom is -0.340 e. The van der Waals surface area contributed by atoms with Crippen LogP contribution in [0.5, 0.6) is 0 Å². The Morgan fingerprint density at radius 1 is 1.33 bits per heavy atom. The lowest BCUT2D eigenvalue weighted by molar-refractivity contribution is -0.134. The Labute approximate surface area is 143 Å². The van der Waals surface area contributed by atoms with Gasteiger partial charge in [0.1, 0.15) is 12.2 Å². The molecule has 1 N–H and O–H groups in total. The highest BCUT2D eigenvalue weighted by Gasteiger charge is 2.36. The molecular weight excluding hydrogens is 311 g/mol. The van der Waals surface area contributed by atoms with Gasteiger partial charge in [0, 0.05) is 31.0 Å². The lowest BCUT2D eigenvalue weighted by Crippen LogP contribution is -2.50. The average molecular weight is 338 g/mol. The molecule has 0 aromatic rings. The number of nitriles is 1. The fourth-order valence-corrected chi connectivity index (χ4v) is 3.45. The van der Waals surface area contributed by atoms with Crippen molar-refractivity contribution in [3.05, 3.63) is 0 Å². The van der Waals surface area contributed by atoms with Crippen LogP contribution in [-0.2, 0) is 9.59 Å². The molecule has 24 heavy (non-hydrogen) atoms. The summed E-state index contributed by atoms with van der Waals surface area (Å²) < 4.78 is 13.4. The van der Waals surface area contributed by atoms with E-state index in [2.05, 4.69) is 12.2 Å². The lowest BCUT2D eigenvalue weighted by Gasteiger charge is -2.30. The van der Waals surface area contributed by atoms with Crippen LogP contribution in [0.4, 0.5) is 4.39 Å². The van der Waals surface area contributed by atoms with E-state index >= 15 is 0 Å². The van der Waals surface area contributed by atoms with E-state index in [-0.39, 0.29) is 37.4 Å². The summed E-state index contributed by atoms with van der Waals surface area (Å²) in [6, 6.07) is 1.56. The second kappa shape index (κ2) is 7.47. The number of carbonyl (C=O) groups is 2. The zero-order valence-corrected chi connectivity index (χ0v) is 14.7. The van der Waals surface area contributed by atoms with Gasteiger partial charge >= 0.3 is 0 Å². The number of rotatable bonds is 5. The summed E-state index contributed by atoms with van der Waals surface area (Å²) in [6.07, 6.45) is 1.32. The molecule has 2 rings (SSSR count). The van der Waals surface area contributed by atoms with E-state index < -0.39 is 17.8 Å². The number of alkyl halides is 1. The van der Waals surface area contributed by atoms with Crippen LogP contribution >= 0.6 is 0 Å². The Morgan fingerprint density at radius 2 is 2.04 bits per heavy atom. The fourth-order valence-electron chi connectivity index (χ4n) is 3.45. The summed E-state index contributed by atoms with van der Waals surface area (Å²) in [6.45, 7) is 6.58. The smallest absolute Gasteiger partial charge is 0.237 e. The van der Waals surface area contributed by atoms with Crippen molar-refractivity contribution in [1.82, 2.24) is 15.1 Å². The van der Waals surface area contributed by atoms with Crippen molar-refractivity contribution in [2.75, 3.05) is 19.6 Å². The van der Waals surface area contributed by atoms with E-state index in [1.807, 2.05) is 24.8 Å². The molecule has 6 nitrogen and oxygen atoms in total. The molecule has 0 saturated carbocycles. The molecule has 0 radical (unpaired) electrons. The Hall–Kier alpha value is -1.68. The first-order valence-corrected chi connectivity index (χ1v) is 8.61. The summed E-state index contributed by atoms with van der Waals surface area (Å²) in [5.74, 6) is -0.207. The number of likely N-dealkylation sites (tertiary alicyclic amines) is 2. The van der Waals surface area contributed by atoms with Crippen molar-refractivity contribution in [1.29, 1.82) is 5.26 Å². The first-order chi connectivity index (χ1) is 11.2. The number of nitrogens with one attached hydrogen (secondary N) is 1. The lowest BCUT2D eigenvalue weighted by atomic mass is 9.99. The normalized spacial score (nSPS) is 27.4. The first kappa shape index (κ1) is 18.7. The standard InChI is InChI=1S/C17H27FN4O2/c1-12-5-4-6-21(12)15(23)8-17(2,3)20-10-16(24)22-11-13(18)7-14(22)9-19/h12-14,20H,4-8,10-11H2,1-3H3. The molecule has 134 valence electrons. The minimum atomic E-state index is -1.13. The molecule has 0 aromatic carbocycles. The highest BCUT2D eigenvalue weighted by molar-refractivity contribution is 5.80. The third-order valence-electron chi connectivity index (χ3n) is 4.90. The number of nitrogens with zero attached hydrogens (tertiary/aromatic N) is 3. The van der Waals surface area contributed by atoms with Crippen LogP contribution in [-0.4, -0.2) is 65.0 Å². The van der Waals surface area contributed by atoms with E-state index in [1.54, 1.807) is 0 Å². The van der Waals surface area contributed by atoms with Gasteiger partial charge in [-0.05, 0) is 33.6 Å². The van der Waals surface area contributed by atoms with Crippen molar-refractivity contribution in [2.24, 2.45) is 0 Å². The predicted octanol–water partition coefficient (Wildman–Crippen LogP) is 1.22. The third-order valence-corrected chi connectivity index (χ3v) is 4.90. The minimum absolute atomic E-state index is 0.000728. The molecule has 0 spiro atoms. The SMILES string of the molecule is CC1CCCN1C(=O)CC(C)(C)NCC(=O)N1CC(F)CC1C#N. The number of hydrogen-bond donors (Lipinski definition) is 1. The maximum atomic E-state index is 13.4. The van der Waals surface area contributed by atoms with Crippen LogP contribution in [0.15, 0.2) is 0 Å². The van der Waals surface area contributed by atoms with Crippen LogP contribution in [0, 0.1) is 11.3 Å². The van der Waals surface area contributed by atoms with Gasteiger partial charge in [0.2, 0.25) is 11.8 Å². The predicted molar refractivity (Wildman–Crippen MR) is 87.7 cm³/mol. The summed E-state index contributed by atoms with van der Waals surface area (Å²) >= 11 is 0. The monoisotopic (exact) mass is 338 g/mol. The van der Waals surface area contributed by atoms with Gasteiger partial charge in [0.15, 0.2) is 0 Å². The van der Waals surface area contributed by atoms with Gasteiger partial charge in [-0.2, -0.15) is 5.26 Å². The number of carbonyl (C=O) groups excluding carboxylic acids is 2. The van der Waals surface area contributed by atoms with E-state index in [1.165, 1.54) is 4.90 Å². The van der Waals surface area contributed by atoms with Crippen molar-refractivity contribution >= 4 is 11.8 Å². The zero-order chi connectivity index (χ0) is 17.9. The molecule has 2 fully saturated rings. The van der Waals surface area contributed by atoms with E-state index in [0.29, 0.717) is 6.42 Å². The second-order valence-corrected chi connectivity index (χ2v) is 7.52. The quantitative estimate of drug-likeness (QED) is 0.818. The van der Waals surface area contributed by atoms with Crippen molar-refractivity contribution in [3.8, 4) is 6.07 Å². The maximum Gasteiger partial charge on any atom is 0.237 e. The molecule has 7 heteroatoms. The fraction of sp³-hybridized carbons (Fsp3) is 0.824. The molecular formula is C17H27FN4O2. The third kappa shape index (κ3) is 4.44. The Balaban J connectivity index is 1.84.